The zero-order valence-corrected chi connectivity index (χ0v) is 12.5. The molecule has 2 aromatic rings. The van der Waals surface area contributed by atoms with Crippen LogP contribution >= 0.6 is 0 Å². The summed E-state index contributed by atoms with van der Waals surface area (Å²) in [5.74, 6) is 2.14. The van der Waals surface area contributed by atoms with E-state index in [4.69, 9.17) is 14.2 Å². The fourth-order valence-electron chi connectivity index (χ4n) is 2.81. The molecule has 5 nitrogen and oxygen atoms in total. The number of hydrogen-bond acceptors (Lipinski definition) is 5. The van der Waals surface area contributed by atoms with Gasteiger partial charge in [0.25, 0.3) is 0 Å². The van der Waals surface area contributed by atoms with Crippen LogP contribution in [0, 0.1) is 0 Å². The van der Waals surface area contributed by atoms with Gasteiger partial charge in [-0.25, -0.2) is 0 Å². The predicted molar refractivity (Wildman–Crippen MR) is 81.3 cm³/mol. The zero-order chi connectivity index (χ0) is 15.7. The lowest BCUT2D eigenvalue weighted by molar-refractivity contribution is 0.253. The minimum atomic E-state index is 0.0110. The Kier molecular flexibility index (Phi) is 3.71. The molecule has 0 amide bonds. The molecule has 2 aromatic carbocycles. The molecule has 0 bridgehead atoms. The fourth-order valence-corrected chi connectivity index (χ4v) is 2.81. The number of phenols is 2. The smallest absolute Gasteiger partial charge is 0.129 e. The van der Waals surface area contributed by atoms with Crippen molar-refractivity contribution in [2.24, 2.45) is 0 Å². The molecule has 1 unspecified atom stereocenters. The standard InChI is InChI=1S/C17H18O5/c1-20-12-3-4-13(15(19)8-12)10-5-14-16(21-2)6-11(18)7-17(14)22-9-10/h3-4,6-8,10,18-19H,5,9H2,1-2H3. The van der Waals surface area contributed by atoms with E-state index in [1.165, 1.54) is 0 Å². The Balaban J connectivity index is 1.94. The number of fused-ring (bicyclic) bond motifs is 1. The van der Waals surface area contributed by atoms with E-state index >= 15 is 0 Å². The summed E-state index contributed by atoms with van der Waals surface area (Å²) in [7, 11) is 3.12. The van der Waals surface area contributed by atoms with Crippen molar-refractivity contribution in [1.29, 1.82) is 0 Å². The molecule has 22 heavy (non-hydrogen) atoms. The Hall–Kier alpha value is -2.56. The second kappa shape index (κ2) is 5.67. The molecule has 1 aliphatic heterocycles. The van der Waals surface area contributed by atoms with Crippen LogP contribution in [0.1, 0.15) is 17.0 Å². The molecule has 1 aliphatic rings. The van der Waals surface area contributed by atoms with Crippen molar-refractivity contribution in [3.05, 3.63) is 41.5 Å². The Bertz CT molecular complexity index is 678. The van der Waals surface area contributed by atoms with Gasteiger partial charge in [0.05, 0.1) is 20.8 Å². The minimum absolute atomic E-state index is 0.0110. The lowest BCUT2D eigenvalue weighted by Gasteiger charge is -2.27. The quantitative estimate of drug-likeness (QED) is 0.912. The summed E-state index contributed by atoms with van der Waals surface area (Å²) in [6.07, 6.45) is 0.665. The molecule has 0 aliphatic carbocycles. The van der Waals surface area contributed by atoms with E-state index in [9.17, 15) is 10.2 Å². The first-order chi connectivity index (χ1) is 10.6. The summed E-state index contributed by atoms with van der Waals surface area (Å²) in [6.45, 7) is 0.430. The van der Waals surface area contributed by atoms with Crippen molar-refractivity contribution < 1.29 is 24.4 Å². The first-order valence-electron chi connectivity index (χ1n) is 7.02. The first-order valence-corrected chi connectivity index (χ1v) is 7.02. The van der Waals surface area contributed by atoms with Crippen molar-refractivity contribution in [2.45, 2.75) is 12.3 Å². The van der Waals surface area contributed by atoms with E-state index < -0.39 is 0 Å². The topological polar surface area (TPSA) is 68.2 Å². The van der Waals surface area contributed by atoms with Crippen LogP contribution in [0.4, 0.5) is 0 Å². The maximum atomic E-state index is 10.2. The van der Waals surface area contributed by atoms with Crippen LogP contribution in [-0.4, -0.2) is 31.0 Å². The van der Waals surface area contributed by atoms with Crippen molar-refractivity contribution in [3.8, 4) is 28.7 Å². The SMILES string of the molecule is COc1ccc(C2COc3cc(O)cc(OC)c3C2)c(O)c1. The fraction of sp³-hybridized carbons (Fsp3) is 0.294. The third-order valence-electron chi connectivity index (χ3n) is 3.94. The number of rotatable bonds is 3. The Morgan fingerprint density at radius 1 is 1.09 bits per heavy atom. The van der Waals surface area contributed by atoms with Gasteiger partial charge in [0.2, 0.25) is 0 Å². The van der Waals surface area contributed by atoms with Gasteiger partial charge in [-0.3, -0.25) is 0 Å². The van der Waals surface area contributed by atoms with E-state index in [-0.39, 0.29) is 17.4 Å². The molecule has 1 heterocycles. The molecule has 0 radical (unpaired) electrons. The van der Waals surface area contributed by atoms with Crippen molar-refractivity contribution >= 4 is 0 Å². The molecular formula is C17H18O5. The molecule has 0 fully saturated rings. The number of ether oxygens (including phenoxy) is 3. The Morgan fingerprint density at radius 2 is 1.91 bits per heavy atom. The molecule has 0 saturated heterocycles. The summed E-state index contributed by atoms with van der Waals surface area (Å²) in [4.78, 5) is 0. The first kappa shape index (κ1) is 14.4. The lowest BCUT2D eigenvalue weighted by Crippen LogP contribution is -2.20. The summed E-state index contributed by atoms with van der Waals surface area (Å²) < 4.78 is 16.2. The maximum Gasteiger partial charge on any atom is 0.129 e. The lowest BCUT2D eigenvalue weighted by atomic mass is 9.89. The summed E-state index contributed by atoms with van der Waals surface area (Å²) >= 11 is 0. The second-order valence-electron chi connectivity index (χ2n) is 5.26. The summed E-state index contributed by atoms with van der Waals surface area (Å²) in [5.41, 5.74) is 1.70. The molecule has 0 aromatic heterocycles. The monoisotopic (exact) mass is 302 g/mol. The van der Waals surface area contributed by atoms with Crippen LogP contribution in [0.25, 0.3) is 0 Å². The second-order valence-corrected chi connectivity index (χ2v) is 5.26. The number of aromatic hydroxyl groups is 2. The maximum absolute atomic E-state index is 10.2. The van der Waals surface area contributed by atoms with Gasteiger partial charge < -0.3 is 24.4 Å². The van der Waals surface area contributed by atoms with Crippen LogP contribution in [-0.2, 0) is 6.42 Å². The normalized spacial score (nSPS) is 16.5. The van der Waals surface area contributed by atoms with E-state index in [2.05, 4.69) is 0 Å². The third kappa shape index (κ3) is 2.50. The molecule has 2 N–H and O–H groups in total. The molecular weight excluding hydrogens is 284 g/mol. The molecule has 1 atom stereocenters. The van der Waals surface area contributed by atoms with E-state index in [1.54, 1.807) is 32.4 Å². The number of benzene rings is 2. The highest BCUT2D eigenvalue weighted by atomic mass is 16.5. The van der Waals surface area contributed by atoms with Crippen molar-refractivity contribution in [1.82, 2.24) is 0 Å². The van der Waals surface area contributed by atoms with Gasteiger partial charge in [-0.05, 0) is 12.5 Å². The van der Waals surface area contributed by atoms with Gasteiger partial charge in [0.15, 0.2) is 0 Å². The largest absolute Gasteiger partial charge is 0.508 e. The highest BCUT2D eigenvalue weighted by Gasteiger charge is 2.27. The van der Waals surface area contributed by atoms with Gasteiger partial charge in [-0.2, -0.15) is 0 Å². The van der Waals surface area contributed by atoms with Crippen molar-refractivity contribution in [3.63, 3.8) is 0 Å². The van der Waals surface area contributed by atoms with E-state index in [1.807, 2.05) is 12.1 Å². The Labute approximate surface area is 128 Å². The average Bonchev–Trinajstić information content (AvgIpc) is 2.53. The van der Waals surface area contributed by atoms with Crippen LogP contribution < -0.4 is 14.2 Å². The zero-order valence-electron chi connectivity index (χ0n) is 12.5. The van der Waals surface area contributed by atoms with Gasteiger partial charge in [-0.1, -0.05) is 6.07 Å². The van der Waals surface area contributed by atoms with Gasteiger partial charge in [-0.15, -0.1) is 0 Å². The molecule has 0 spiro atoms. The number of methoxy groups -OCH3 is 2. The highest BCUT2D eigenvalue weighted by molar-refractivity contribution is 5.53. The highest BCUT2D eigenvalue weighted by Crippen LogP contribution is 2.42. The summed E-state index contributed by atoms with van der Waals surface area (Å²) in [5, 5.41) is 19.9. The molecule has 116 valence electrons. The summed E-state index contributed by atoms with van der Waals surface area (Å²) in [6, 6.07) is 8.41. The number of phenolic OH excluding ortho intramolecular Hbond substituents is 2. The van der Waals surface area contributed by atoms with E-state index in [0.717, 1.165) is 11.1 Å². The molecule has 0 saturated carbocycles. The van der Waals surface area contributed by atoms with Gasteiger partial charge in [0.1, 0.15) is 28.7 Å². The molecule has 5 heteroatoms. The van der Waals surface area contributed by atoms with Crippen LogP contribution in [0.2, 0.25) is 0 Å². The number of hydrogen-bond donors (Lipinski definition) is 2. The average molecular weight is 302 g/mol. The predicted octanol–water partition coefficient (Wildman–Crippen LogP) is 2.83. The van der Waals surface area contributed by atoms with Crippen LogP contribution in [0.15, 0.2) is 30.3 Å². The van der Waals surface area contributed by atoms with Gasteiger partial charge in [0, 0.05) is 35.2 Å². The van der Waals surface area contributed by atoms with Gasteiger partial charge >= 0.3 is 0 Å². The minimum Gasteiger partial charge on any atom is -0.508 e. The Morgan fingerprint density at radius 3 is 2.59 bits per heavy atom. The van der Waals surface area contributed by atoms with Crippen molar-refractivity contribution in [2.75, 3.05) is 20.8 Å². The third-order valence-corrected chi connectivity index (χ3v) is 3.94. The van der Waals surface area contributed by atoms with Crippen LogP contribution in [0.3, 0.4) is 0 Å². The molecule has 3 rings (SSSR count). The van der Waals surface area contributed by atoms with E-state index in [0.29, 0.717) is 30.3 Å². The van der Waals surface area contributed by atoms with Crippen LogP contribution in [0.5, 0.6) is 28.7 Å².